The molecule has 0 unspecified atom stereocenters. The maximum atomic E-state index is 4.59. The van der Waals surface area contributed by atoms with E-state index in [1.54, 1.807) is 11.8 Å². The Labute approximate surface area is 195 Å². The van der Waals surface area contributed by atoms with E-state index in [-0.39, 0.29) is 0 Å². The van der Waals surface area contributed by atoms with Gasteiger partial charge in [-0.1, -0.05) is 27.7 Å². The van der Waals surface area contributed by atoms with Crippen LogP contribution in [0.1, 0.15) is 52.0 Å². The SMILES string of the molecule is CCSc1cc(Br)cnc1SCC.CCSc1cc(C2CC2)cnc1SCC. The molecule has 2 aromatic rings. The molecular weight excluding hydrogens is 488 g/mol. The Morgan fingerprint density at radius 2 is 1.29 bits per heavy atom. The third kappa shape index (κ3) is 8.13. The molecule has 3 rings (SSSR count). The zero-order valence-corrected chi connectivity index (χ0v) is 21.9. The van der Waals surface area contributed by atoms with Crippen molar-refractivity contribution in [2.45, 2.75) is 66.3 Å². The van der Waals surface area contributed by atoms with E-state index in [9.17, 15) is 0 Å². The van der Waals surface area contributed by atoms with Gasteiger partial charge < -0.3 is 0 Å². The molecule has 0 spiro atoms. The van der Waals surface area contributed by atoms with Crippen molar-refractivity contribution >= 4 is 63.0 Å². The van der Waals surface area contributed by atoms with Gasteiger partial charge in [-0.25, -0.2) is 9.97 Å². The molecule has 2 aromatic heterocycles. The van der Waals surface area contributed by atoms with Crippen molar-refractivity contribution in [3.05, 3.63) is 34.6 Å². The van der Waals surface area contributed by atoms with Gasteiger partial charge in [0.05, 0.1) is 0 Å². The fourth-order valence-corrected chi connectivity index (χ4v) is 6.30. The first kappa shape index (κ1) is 24.4. The highest BCUT2D eigenvalue weighted by molar-refractivity contribution is 9.10. The molecule has 0 aromatic carbocycles. The number of rotatable bonds is 9. The summed E-state index contributed by atoms with van der Waals surface area (Å²) in [6.07, 6.45) is 6.66. The number of aromatic nitrogens is 2. The normalized spacial score (nSPS) is 13.2. The number of thioether (sulfide) groups is 4. The van der Waals surface area contributed by atoms with Gasteiger partial charge in [-0.3, -0.25) is 0 Å². The summed E-state index contributed by atoms with van der Waals surface area (Å²) in [6.45, 7) is 8.69. The zero-order valence-electron chi connectivity index (χ0n) is 17.0. The quantitative estimate of drug-likeness (QED) is 0.311. The highest BCUT2D eigenvalue weighted by Gasteiger charge is 2.24. The summed E-state index contributed by atoms with van der Waals surface area (Å²) in [6, 6.07) is 4.50. The molecule has 0 saturated heterocycles. The van der Waals surface area contributed by atoms with Crippen molar-refractivity contribution in [2.24, 2.45) is 0 Å². The molecule has 0 bridgehead atoms. The first-order valence-corrected chi connectivity index (χ1v) is 14.5. The molecule has 7 heteroatoms. The van der Waals surface area contributed by atoms with Gasteiger partial charge in [-0.15, -0.1) is 47.0 Å². The molecule has 2 nitrogen and oxygen atoms in total. The Kier molecular flexibility index (Phi) is 11.8. The molecular formula is C21H29BrN2S4. The first-order valence-electron chi connectivity index (χ1n) is 9.79. The fraction of sp³-hybridized carbons (Fsp3) is 0.524. The van der Waals surface area contributed by atoms with Crippen LogP contribution in [0.3, 0.4) is 0 Å². The monoisotopic (exact) mass is 516 g/mol. The van der Waals surface area contributed by atoms with Crippen LogP contribution in [-0.4, -0.2) is 33.0 Å². The Balaban J connectivity index is 0.000000203. The van der Waals surface area contributed by atoms with E-state index in [0.29, 0.717) is 0 Å². The standard InChI is InChI=1S/C12H17NS2.C9H12BrNS2/c1-3-14-11-7-10(9-5-6-9)8-13-12(11)15-4-2;1-3-12-8-5-7(10)6-11-9(8)13-4-2/h7-9H,3-6H2,1-2H3;5-6H,3-4H2,1-2H3. The lowest BCUT2D eigenvalue weighted by atomic mass is 10.2. The molecule has 1 aliphatic rings. The van der Waals surface area contributed by atoms with Crippen molar-refractivity contribution in [1.29, 1.82) is 0 Å². The smallest absolute Gasteiger partial charge is 0.110 e. The lowest BCUT2D eigenvalue weighted by Crippen LogP contribution is -1.90. The second kappa shape index (κ2) is 13.5. The molecule has 154 valence electrons. The third-order valence-electron chi connectivity index (χ3n) is 3.83. The van der Waals surface area contributed by atoms with Crippen LogP contribution in [-0.2, 0) is 0 Å². The molecule has 0 atom stereocenters. The average molecular weight is 518 g/mol. The zero-order chi connectivity index (χ0) is 20.4. The minimum atomic E-state index is 0.814. The van der Waals surface area contributed by atoms with E-state index in [0.717, 1.165) is 38.4 Å². The maximum Gasteiger partial charge on any atom is 0.110 e. The molecule has 1 fully saturated rings. The van der Waals surface area contributed by atoms with Gasteiger partial charge in [-0.2, -0.15) is 0 Å². The molecule has 1 saturated carbocycles. The van der Waals surface area contributed by atoms with E-state index in [1.807, 2.05) is 41.5 Å². The Hall–Kier alpha value is 0.180. The van der Waals surface area contributed by atoms with E-state index in [1.165, 1.54) is 33.2 Å². The predicted molar refractivity (Wildman–Crippen MR) is 134 cm³/mol. The third-order valence-corrected chi connectivity index (χ3v) is 8.12. The molecule has 2 heterocycles. The molecule has 0 N–H and O–H groups in total. The van der Waals surface area contributed by atoms with Crippen molar-refractivity contribution in [3.8, 4) is 0 Å². The van der Waals surface area contributed by atoms with E-state index >= 15 is 0 Å². The van der Waals surface area contributed by atoms with Gasteiger partial charge in [0.15, 0.2) is 0 Å². The Bertz CT molecular complexity index is 738. The van der Waals surface area contributed by atoms with Crippen molar-refractivity contribution in [3.63, 3.8) is 0 Å². The van der Waals surface area contributed by atoms with Crippen molar-refractivity contribution in [2.75, 3.05) is 23.0 Å². The number of hydrogen-bond acceptors (Lipinski definition) is 6. The van der Waals surface area contributed by atoms with Crippen LogP contribution in [0, 0.1) is 0 Å². The summed E-state index contributed by atoms with van der Waals surface area (Å²) < 4.78 is 1.06. The minimum Gasteiger partial charge on any atom is -0.248 e. The molecule has 0 radical (unpaired) electrons. The van der Waals surface area contributed by atoms with Gasteiger partial charge in [-0.05, 0) is 75.4 Å². The topological polar surface area (TPSA) is 25.8 Å². The van der Waals surface area contributed by atoms with Crippen LogP contribution in [0.4, 0.5) is 0 Å². The largest absolute Gasteiger partial charge is 0.248 e. The van der Waals surface area contributed by atoms with Crippen LogP contribution in [0.25, 0.3) is 0 Å². The number of hydrogen-bond donors (Lipinski definition) is 0. The first-order chi connectivity index (χ1) is 13.6. The summed E-state index contributed by atoms with van der Waals surface area (Å²) in [7, 11) is 0. The molecule has 0 amide bonds. The van der Waals surface area contributed by atoms with Crippen LogP contribution in [0.5, 0.6) is 0 Å². The number of nitrogens with zero attached hydrogens (tertiary/aromatic N) is 2. The maximum absolute atomic E-state index is 4.59. The van der Waals surface area contributed by atoms with E-state index in [4.69, 9.17) is 0 Å². The Morgan fingerprint density at radius 1 is 0.786 bits per heavy atom. The summed E-state index contributed by atoms with van der Waals surface area (Å²) >= 11 is 10.8. The van der Waals surface area contributed by atoms with Crippen LogP contribution < -0.4 is 0 Å². The van der Waals surface area contributed by atoms with E-state index in [2.05, 4.69) is 71.9 Å². The highest BCUT2D eigenvalue weighted by Crippen LogP contribution is 2.42. The van der Waals surface area contributed by atoms with Crippen molar-refractivity contribution in [1.82, 2.24) is 9.97 Å². The lowest BCUT2D eigenvalue weighted by Gasteiger charge is -2.08. The van der Waals surface area contributed by atoms with Gasteiger partial charge in [0.25, 0.3) is 0 Å². The van der Waals surface area contributed by atoms with E-state index < -0.39 is 0 Å². The van der Waals surface area contributed by atoms with Gasteiger partial charge >= 0.3 is 0 Å². The van der Waals surface area contributed by atoms with Gasteiger partial charge in [0.1, 0.15) is 10.1 Å². The molecule has 1 aliphatic carbocycles. The summed E-state index contributed by atoms with van der Waals surface area (Å²) in [5, 5.41) is 2.37. The summed E-state index contributed by atoms with van der Waals surface area (Å²) in [5.41, 5.74) is 1.45. The minimum absolute atomic E-state index is 0.814. The fourth-order valence-electron chi connectivity index (χ4n) is 2.50. The summed E-state index contributed by atoms with van der Waals surface area (Å²) in [5.74, 6) is 5.22. The number of halogens is 1. The highest BCUT2D eigenvalue weighted by atomic mass is 79.9. The van der Waals surface area contributed by atoms with Gasteiger partial charge in [0.2, 0.25) is 0 Å². The van der Waals surface area contributed by atoms with Crippen molar-refractivity contribution < 1.29 is 0 Å². The van der Waals surface area contributed by atoms with Crippen LogP contribution >= 0.6 is 63.0 Å². The number of pyridine rings is 2. The Morgan fingerprint density at radius 3 is 1.79 bits per heavy atom. The van der Waals surface area contributed by atoms with Gasteiger partial charge in [0, 0.05) is 26.7 Å². The summed E-state index contributed by atoms with van der Waals surface area (Å²) in [4.78, 5) is 11.6. The molecule has 0 aliphatic heterocycles. The lowest BCUT2D eigenvalue weighted by molar-refractivity contribution is 0.972. The second-order valence-corrected chi connectivity index (χ2v) is 12.1. The average Bonchev–Trinajstić information content (AvgIpc) is 3.52. The van der Waals surface area contributed by atoms with Crippen LogP contribution in [0.15, 0.2) is 48.8 Å². The van der Waals surface area contributed by atoms with Crippen LogP contribution in [0.2, 0.25) is 0 Å². The second-order valence-electron chi connectivity index (χ2n) is 6.04. The molecule has 28 heavy (non-hydrogen) atoms. The predicted octanol–water partition coefficient (Wildman–Crippen LogP) is 8.25.